The second-order valence-corrected chi connectivity index (χ2v) is 5.94. The van der Waals surface area contributed by atoms with Gasteiger partial charge in [0.05, 0.1) is 0 Å². The van der Waals surface area contributed by atoms with E-state index in [0.717, 1.165) is 5.56 Å². The Balaban J connectivity index is 2.03. The number of hydrogen-bond acceptors (Lipinski definition) is 2. The molecule has 0 aliphatic heterocycles. The molecule has 0 bridgehead atoms. The van der Waals surface area contributed by atoms with Crippen LogP contribution in [0.3, 0.4) is 0 Å². The number of carbonyl (C=O) groups is 1. The van der Waals surface area contributed by atoms with Gasteiger partial charge >= 0.3 is 0 Å². The first-order valence-corrected chi connectivity index (χ1v) is 7.36. The summed E-state index contributed by atoms with van der Waals surface area (Å²) in [5.41, 5.74) is 2.41. The highest BCUT2D eigenvalue weighted by Gasteiger charge is 2.15. The van der Waals surface area contributed by atoms with Gasteiger partial charge in [0.2, 0.25) is 0 Å². The molecule has 2 aromatic rings. The van der Waals surface area contributed by atoms with Gasteiger partial charge in [-0.2, -0.15) is 0 Å². The molecule has 106 valence electrons. The molecule has 0 aliphatic rings. The molecule has 1 heterocycles. The summed E-state index contributed by atoms with van der Waals surface area (Å²) >= 11 is 3.20. The molecule has 0 atom stereocenters. The molecule has 20 heavy (non-hydrogen) atoms. The monoisotopic (exact) mass is 335 g/mol. The predicted molar refractivity (Wildman–Crippen MR) is 82.7 cm³/mol. The zero-order valence-corrected chi connectivity index (χ0v) is 13.5. The highest BCUT2D eigenvalue weighted by Crippen LogP contribution is 2.18. The third-order valence-corrected chi connectivity index (χ3v) is 3.62. The van der Waals surface area contributed by atoms with Gasteiger partial charge in [-0.1, -0.05) is 38.1 Å². The fourth-order valence-electron chi connectivity index (χ4n) is 1.97. The van der Waals surface area contributed by atoms with Crippen molar-refractivity contribution in [1.82, 2.24) is 4.90 Å². The maximum Gasteiger partial charge on any atom is 0.289 e. The van der Waals surface area contributed by atoms with Gasteiger partial charge in [-0.15, -0.1) is 0 Å². The molecular weight excluding hydrogens is 318 g/mol. The number of nitrogens with zero attached hydrogens (tertiary/aromatic N) is 1. The van der Waals surface area contributed by atoms with Crippen LogP contribution < -0.4 is 0 Å². The summed E-state index contributed by atoms with van der Waals surface area (Å²) in [6.07, 6.45) is 0. The lowest BCUT2D eigenvalue weighted by molar-refractivity contribution is 0.0752. The molecule has 1 aromatic heterocycles. The molecule has 2 rings (SSSR count). The molecular formula is C16H18BrNO2. The number of furan rings is 1. The summed E-state index contributed by atoms with van der Waals surface area (Å²) in [5.74, 6) is 0.741. The second kappa shape index (κ2) is 6.27. The van der Waals surface area contributed by atoms with E-state index in [2.05, 4.69) is 54.0 Å². The maximum absolute atomic E-state index is 12.1. The normalized spacial score (nSPS) is 10.8. The van der Waals surface area contributed by atoms with E-state index in [9.17, 15) is 4.79 Å². The van der Waals surface area contributed by atoms with E-state index >= 15 is 0 Å². The molecule has 0 saturated heterocycles. The molecule has 0 saturated carbocycles. The fourth-order valence-corrected chi connectivity index (χ4v) is 2.28. The van der Waals surface area contributed by atoms with Crippen LogP contribution in [0.1, 0.15) is 41.4 Å². The molecule has 4 heteroatoms. The third kappa shape index (κ3) is 3.51. The van der Waals surface area contributed by atoms with E-state index in [4.69, 9.17) is 4.42 Å². The SMILES string of the molecule is CC(C)c1ccc(CN(C)C(=O)c2ccc(Br)o2)cc1. The number of rotatable bonds is 4. The minimum atomic E-state index is -0.122. The van der Waals surface area contributed by atoms with E-state index in [0.29, 0.717) is 22.9 Å². The summed E-state index contributed by atoms with van der Waals surface area (Å²) in [5, 5.41) is 0. The van der Waals surface area contributed by atoms with Crippen molar-refractivity contribution < 1.29 is 9.21 Å². The highest BCUT2D eigenvalue weighted by atomic mass is 79.9. The van der Waals surface area contributed by atoms with Crippen molar-refractivity contribution in [2.75, 3.05) is 7.05 Å². The topological polar surface area (TPSA) is 33.5 Å². The molecule has 0 N–H and O–H groups in total. The Morgan fingerprint density at radius 2 is 1.85 bits per heavy atom. The van der Waals surface area contributed by atoms with Crippen LogP contribution in [-0.4, -0.2) is 17.9 Å². The van der Waals surface area contributed by atoms with E-state index < -0.39 is 0 Å². The average Bonchev–Trinajstić information content (AvgIpc) is 2.85. The zero-order chi connectivity index (χ0) is 14.7. The first kappa shape index (κ1) is 14.9. The van der Waals surface area contributed by atoms with Gasteiger partial charge in [0, 0.05) is 13.6 Å². The summed E-state index contributed by atoms with van der Waals surface area (Å²) in [7, 11) is 1.77. The van der Waals surface area contributed by atoms with E-state index in [1.54, 1.807) is 24.1 Å². The molecule has 1 amide bonds. The number of hydrogen-bond donors (Lipinski definition) is 0. The van der Waals surface area contributed by atoms with Gasteiger partial charge in [-0.25, -0.2) is 0 Å². The molecule has 0 aliphatic carbocycles. The number of halogens is 1. The Bertz CT molecular complexity index is 587. The van der Waals surface area contributed by atoms with Gasteiger partial charge in [0.15, 0.2) is 10.4 Å². The largest absolute Gasteiger partial charge is 0.444 e. The lowest BCUT2D eigenvalue weighted by Crippen LogP contribution is -2.25. The summed E-state index contributed by atoms with van der Waals surface area (Å²) < 4.78 is 5.85. The number of benzene rings is 1. The van der Waals surface area contributed by atoms with Crippen molar-refractivity contribution >= 4 is 21.8 Å². The van der Waals surface area contributed by atoms with Crippen LogP contribution in [0.5, 0.6) is 0 Å². The number of amides is 1. The molecule has 0 fully saturated rings. The Hall–Kier alpha value is -1.55. The Morgan fingerprint density at radius 3 is 2.35 bits per heavy atom. The van der Waals surface area contributed by atoms with Crippen LogP contribution >= 0.6 is 15.9 Å². The minimum absolute atomic E-state index is 0.122. The van der Waals surface area contributed by atoms with Gasteiger partial charge in [-0.3, -0.25) is 4.79 Å². The van der Waals surface area contributed by atoms with Gasteiger partial charge in [0.1, 0.15) is 0 Å². The highest BCUT2D eigenvalue weighted by molar-refractivity contribution is 9.10. The lowest BCUT2D eigenvalue weighted by atomic mass is 10.0. The van der Waals surface area contributed by atoms with Crippen LogP contribution in [0, 0.1) is 0 Å². The van der Waals surface area contributed by atoms with Crippen molar-refractivity contribution in [1.29, 1.82) is 0 Å². The van der Waals surface area contributed by atoms with Gasteiger partial charge < -0.3 is 9.32 Å². The van der Waals surface area contributed by atoms with Crippen LogP contribution in [0.2, 0.25) is 0 Å². The lowest BCUT2D eigenvalue weighted by Gasteiger charge is -2.16. The summed E-state index contributed by atoms with van der Waals surface area (Å²) in [6, 6.07) is 11.8. The van der Waals surface area contributed by atoms with E-state index in [1.165, 1.54) is 5.56 Å². The molecule has 0 spiro atoms. The van der Waals surface area contributed by atoms with Crippen LogP contribution in [0.25, 0.3) is 0 Å². The van der Waals surface area contributed by atoms with Crippen molar-refractivity contribution in [3.63, 3.8) is 0 Å². The standard InChI is InChI=1S/C16H18BrNO2/c1-11(2)13-6-4-12(5-7-13)10-18(3)16(19)14-8-9-15(17)20-14/h4-9,11H,10H2,1-3H3. The van der Waals surface area contributed by atoms with Crippen LogP contribution in [0.4, 0.5) is 0 Å². The average molecular weight is 336 g/mol. The van der Waals surface area contributed by atoms with Crippen LogP contribution in [0.15, 0.2) is 45.5 Å². The van der Waals surface area contributed by atoms with Gasteiger partial charge in [-0.05, 0) is 45.1 Å². The predicted octanol–water partition coefficient (Wildman–Crippen LogP) is 4.44. The van der Waals surface area contributed by atoms with Crippen molar-refractivity contribution in [2.45, 2.75) is 26.3 Å². The van der Waals surface area contributed by atoms with E-state index in [-0.39, 0.29) is 5.91 Å². The van der Waals surface area contributed by atoms with Crippen molar-refractivity contribution in [3.05, 3.63) is 58.0 Å². The summed E-state index contributed by atoms with van der Waals surface area (Å²) in [4.78, 5) is 13.8. The Morgan fingerprint density at radius 1 is 1.20 bits per heavy atom. The minimum Gasteiger partial charge on any atom is -0.444 e. The van der Waals surface area contributed by atoms with Crippen molar-refractivity contribution in [3.8, 4) is 0 Å². The molecule has 0 unspecified atom stereocenters. The van der Waals surface area contributed by atoms with E-state index in [1.807, 2.05) is 0 Å². The van der Waals surface area contributed by atoms with Gasteiger partial charge in [0.25, 0.3) is 5.91 Å². The van der Waals surface area contributed by atoms with Crippen molar-refractivity contribution in [2.24, 2.45) is 0 Å². The molecule has 0 radical (unpaired) electrons. The maximum atomic E-state index is 12.1. The second-order valence-electron chi connectivity index (χ2n) is 5.16. The Kier molecular flexibility index (Phi) is 4.65. The summed E-state index contributed by atoms with van der Waals surface area (Å²) in [6.45, 7) is 4.90. The first-order valence-electron chi connectivity index (χ1n) is 6.57. The molecule has 3 nitrogen and oxygen atoms in total. The quantitative estimate of drug-likeness (QED) is 0.827. The fraction of sp³-hybridized carbons (Fsp3) is 0.312. The first-order chi connectivity index (χ1) is 9.47. The Labute approximate surface area is 127 Å². The van der Waals surface area contributed by atoms with Crippen LogP contribution in [-0.2, 0) is 6.54 Å². The smallest absolute Gasteiger partial charge is 0.289 e. The zero-order valence-electron chi connectivity index (χ0n) is 11.9. The molecule has 1 aromatic carbocycles. The third-order valence-electron chi connectivity index (χ3n) is 3.20. The number of carbonyl (C=O) groups excluding carboxylic acids is 1.